The highest BCUT2D eigenvalue weighted by atomic mass is 35.5. The number of pyridine rings is 2. The SMILES string of the molecule is CC(C)c1noc(-c2ccnc(N3CCCC(C(=O)Nc4ccc(Cl)cn4)C3)c2)n1. The summed E-state index contributed by atoms with van der Waals surface area (Å²) in [5, 5.41) is 7.43. The minimum absolute atomic E-state index is 0.0517. The van der Waals surface area contributed by atoms with Crippen LogP contribution in [-0.4, -0.2) is 39.1 Å². The molecule has 0 aromatic carbocycles. The van der Waals surface area contributed by atoms with E-state index in [1.54, 1.807) is 18.3 Å². The maximum Gasteiger partial charge on any atom is 0.258 e. The second-order valence-corrected chi connectivity index (χ2v) is 8.09. The highest BCUT2D eigenvalue weighted by molar-refractivity contribution is 6.30. The fourth-order valence-corrected chi connectivity index (χ4v) is 3.50. The lowest BCUT2D eigenvalue weighted by Crippen LogP contribution is -2.41. The quantitative estimate of drug-likeness (QED) is 0.654. The molecule has 3 aromatic heterocycles. The van der Waals surface area contributed by atoms with E-state index in [4.69, 9.17) is 16.1 Å². The highest BCUT2D eigenvalue weighted by Gasteiger charge is 2.27. The number of nitrogens with zero attached hydrogens (tertiary/aromatic N) is 5. The largest absolute Gasteiger partial charge is 0.356 e. The number of hydrogen-bond donors (Lipinski definition) is 1. The molecule has 3 aromatic rings. The number of hydrogen-bond acceptors (Lipinski definition) is 7. The molecule has 1 aliphatic rings. The van der Waals surface area contributed by atoms with Gasteiger partial charge in [0, 0.05) is 37.0 Å². The third kappa shape index (κ3) is 4.59. The van der Waals surface area contributed by atoms with Gasteiger partial charge >= 0.3 is 0 Å². The summed E-state index contributed by atoms with van der Waals surface area (Å²) in [6.07, 6.45) is 4.96. The summed E-state index contributed by atoms with van der Waals surface area (Å²) in [6, 6.07) is 7.18. The van der Waals surface area contributed by atoms with Crippen LogP contribution in [-0.2, 0) is 4.79 Å². The molecule has 0 aliphatic carbocycles. The van der Waals surface area contributed by atoms with E-state index in [0.717, 1.165) is 30.8 Å². The topological polar surface area (TPSA) is 97.0 Å². The lowest BCUT2D eigenvalue weighted by molar-refractivity contribution is -0.120. The van der Waals surface area contributed by atoms with Crippen molar-refractivity contribution in [2.75, 3.05) is 23.3 Å². The summed E-state index contributed by atoms with van der Waals surface area (Å²) in [7, 11) is 0. The third-order valence-corrected chi connectivity index (χ3v) is 5.27. The summed E-state index contributed by atoms with van der Waals surface area (Å²) in [6.45, 7) is 5.45. The predicted molar refractivity (Wildman–Crippen MR) is 114 cm³/mol. The van der Waals surface area contributed by atoms with Crippen molar-refractivity contribution in [3.8, 4) is 11.5 Å². The van der Waals surface area contributed by atoms with Gasteiger partial charge in [0.2, 0.25) is 5.91 Å². The smallest absolute Gasteiger partial charge is 0.258 e. The Labute approximate surface area is 179 Å². The molecule has 1 saturated heterocycles. The number of nitrogens with one attached hydrogen (secondary N) is 1. The van der Waals surface area contributed by atoms with E-state index in [0.29, 0.717) is 29.1 Å². The van der Waals surface area contributed by atoms with E-state index in [9.17, 15) is 4.79 Å². The molecule has 0 saturated carbocycles. The lowest BCUT2D eigenvalue weighted by atomic mass is 9.97. The van der Waals surface area contributed by atoms with Gasteiger partial charge in [-0.2, -0.15) is 4.98 Å². The molecule has 4 rings (SSSR count). The summed E-state index contributed by atoms with van der Waals surface area (Å²) in [4.78, 5) is 27.9. The first-order valence-corrected chi connectivity index (χ1v) is 10.3. The molecular weight excluding hydrogens is 404 g/mol. The van der Waals surface area contributed by atoms with Crippen LogP contribution in [0.4, 0.5) is 11.6 Å². The van der Waals surface area contributed by atoms with Gasteiger partial charge in [-0.25, -0.2) is 9.97 Å². The van der Waals surface area contributed by atoms with Crippen LogP contribution < -0.4 is 10.2 Å². The van der Waals surface area contributed by atoms with E-state index in [2.05, 4.69) is 30.3 Å². The number of carbonyl (C=O) groups excluding carboxylic acids is 1. The molecule has 1 fully saturated rings. The summed E-state index contributed by atoms with van der Waals surface area (Å²) < 4.78 is 5.40. The zero-order valence-electron chi connectivity index (χ0n) is 16.9. The zero-order valence-corrected chi connectivity index (χ0v) is 17.6. The average molecular weight is 427 g/mol. The molecule has 156 valence electrons. The summed E-state index contributed by atoms with van der Waals surface area (Å²) in [5.41, 5.74) is 0.816. The molecule has 1 unspecified atom stereocenters. The maximum absolute atomic E-state index is 12.7. The van der Waals surface area contributed by atoms with Gasteiger partial charge in [-0.3, -0.25) is 4.79 Å². The number of rotatable bonds is 5. The first-order chi connectivity index (χ1) is 14.5. The molecule has 8 nitrogen and oxygen atoms in total. The Morgan fingerprint density at radius 3 is 2.90 bits per heavy atom. The number of carbonyl (C=O) groups is 1. The maximum atomic E-state index is 12.7. The summed E-state index contributed by atoms with van der Waals surface area (Å²) in [5.74, 6) is 2.43. The van der Waals surface area contributed by atoms with Crippen molar-refractivity contribution >= 4 is 29.1 Å². The molecule has 1 amide bonds. The Morgan fingerprint density at radius 1 is 1.30 bits per heavy atom. The number of piperidine rings is 1. The second-order valence-electron chi connectivity index (χ2n) is 7.65. The molecule has 9 heteroatoms. The average Bonchev–Trinajstić information content (AvgIpc) is 3.26. The number of anilines is 2. The molecule has 0 radical (unpaired) electrons. The minimum atomic E-state index is -0.155. The first-order valence-electron chi connectivity index (χ1n) is 9.97. The number of amides is 1. The Kier molecular flexibility index (Phi) is 5.94. The highest BCUT2D eigenvalue weighted by Crippen LogP contribution is 2.27. The van der Waals surface area contributed by atoms with Gasteiger partial charge in [0.15, 0.2) is 5.82 Å². The molecule has 0 bridgehead atoms. The van der Waals surface area contributed by atoms with Crippen LogP contribution in [0, 0.1) is 5.92 Å². The van der Waals surface area contributed by atoms with Gasteiger partial charge in [0.25, 0.3) is 5.89 Å². The van der Waals surface area contributed by atoms with Gasteiger partial charge in [0.05, 0.1) is 10.9 Å². The Morgan fingerprint density at radius 2 is 2.17 bits per heavy atom. The monoisotopic (exact) mass is 426 g/mol. The van der Waals surface area contributed by atoms with Crippen molar-refractivity contribution in [2.24, 2.45) is 5.92 Å². The third-order valence-electron chi connectivity index (χ3n) is 5.05. The van der Waals surface area contributed by atoms with Crippen molar-refractivity contribution in [2.45, 2.75) is 32.6 Å². The fourth-order valence-electron chi connectivity index (χ4n) is 3.39. The van der Waals surface area contributed by atoms with Crippen molar-refractivity contribution in [1.29, 1.82) is 0 Å². The van der Waals surface area contributed by atoms with Crippen molar-refractivity contribution < 1.29 is 9.32 Å². The molecule has 30 heavy (non-hydrogen) atoms. The standard InChI is InChI=1S/C21H23ClN6O2/c1-13(2)19-26-21(30-27-19)14-7-8-23-18(10-14)28-9-3-4-15(12-28)20(29)25-17-6-5-16(22)11-24-17/h5-8,10-11,13,15H,3-4,9,12H2,1-2H3,(H,24,25,29). The Hall–Kier alpha value is -3.00. The first kappa shape index (κ1) is 20.3. The van der Waals surface area contributed by atoms with Gasteiger partial charge < -0.3 is 14.7 Å². The normalized spacial score (nSPS) is 16.7. The molecule has 4 heterocycles. The van der Waals surface area contributed by atoms with Crippen LogP contribution in [0.5, 0.6) is 0 Å². The predicted octanol–water partition coefficient (Wildman–Crippen LogP) is 4.16. The van der Waals surface area contributed by atoms with E-state index in [1.165, 1.54) is 6.20 Å². The van der Waals surface area contributed by atoms with Gasteiger partial charge in [-0.05, 0) is 37.1 Å². The van der Waals surface area contributed by atoms with Crippen LogP contribution in [0.3, 0.4) is 0 Å². The second kappa shape index (κ2) is 8.79. The number of halogens is 1. The summed E-state index contributed by atoms with van der Waals surface area (Å²) >= 11 is 5.85. The van der Waals surface area contributed by atoms with Crippen LogP contribution in [0.25, 0.3) is 11.5 Å². The lowest BCUT2D eigenvalue weighted by Gasteiger charge is -2.32. The van der Waals surface area contributed by atoms with Crippen LogP contribution in [0.1, 0.15) is 38.4 Å². The van der Waals surface area contributed by atoms with E-state index >= 15 is 0 Å². The van der Waals surface area contributed by atoms with Crippen molar-refractivity contribution in [3.05, 3.63) is 47.5 Å². The van der Waals surface area contributed by atoms with Crippen molar-refractivity contribution in [1.82, 2.24) is 20.1 Å². The molecule has 1 atom stereocenters. The Balaban J connectivity index is 1.46. The van der Waals surface area contributed by atoms with Crippen molar-refractivity contribution in [3.63, 3.8) is 0 Å². The molecule has 1 aliphatic heterocycles. The van der Waals surface area contributed by atoms with Gasteiger partial charge in [-0.1, -0.05) is 30.6 Å². The fraction of sp³-hybridized carbons (Fsp3) is 0.381. The van der Waals surface area contributed by atoms with Gasteiger partial charge in [0.1, 0.15) is 11.6 Å². The van der Waals surface area contributed by atoms with E-state index in [-0.39, 0.29) is 17.7 Å². The molecule has 1 N–H and O–H groups in total. The van der Waals surface area contributed by atoms with Crippen LogP contribution in [0.2, 0.25) is 5.02 Å². The van der Waals surface area contributed by atoms with E-state index in [1.807, 2.05) is 26.0 Å². The van der Waals surface area contributed by atoms with Crippen LogP contribution >= 0.6 is 11.6 Å². The van der Waals surface area contributed by atoms with Gasteiger partial charge in [-0.15, -0.1) is 0 Å². The zero-order chi connectivity index (χ0) is 21.1. The number of aromatic nitrogens is 4. The van der Waals surface area contributed by atoms with Crippen LogP contribution in [0.15, 0.2) is 41.2 Å². The minimum Gasteiger partial charge on any atom is -0.356 e. The van der Waals surface area contributed by atoms with E-state index < -0.39 is 0 Å². The Bertz CT molecular complexity index is 1020. The molecular formula is C21H23ClN6O2. The molecule has 0 spiro atoms.